The molecular weight excluding hydrogens is 204 g/mol. The number of rotatable bonds is 5. The predicted molar refractivity (Wildman–Crippen MR) is 61.9 cm³/mol. The largest absolute Gasteiger partial charge is 0.365 e. The van der Waals surface area contributed by atoms with Crippen molar-refractivity contribution in [1.82, 2.24) is 5.32 Å². The Morgan fingerprint density at radius 1 is 1.44 bits per heavy atom. The van der Waals surface area contributed by atoms with Gasteiger partial charge in [0, 0.05) is 13.2 Å². The summed E-state index contributed by atoms with van der Waals surface area (Å²) in [6, 6.07) is 0. The summed E-state index contributed by atoms with van der Waals surface area (Å²) in [5.74, 6) is 0.0493. The van der Waals surface area contributed by atoms with Crippen LogP contribution >= 0.6 is 0 Å². The second-order valence-corrected chi connectivity index (χ2v) is 5.40. The molecule has 1 aliphatic carbocycles. The van der Waals surface area contributed by atoms with E-state index in [-0.39, 0.29) is 5.91 Å². The molecule has 92 valence electrons. The maximum absolute atomic E-state index is 12.0. The van der Waals surface area contributed by atoms with Gasteiger partial charge in [-0.15, -0.1) is 0 Å². The van der Waals surface area contributed by atoms with Gasteiger partial charge in [-0.05, 0) is 51.0 Å². The number of carbonyl (C=O) groups excluding carboxylic acids is 1. The van der Waals surface area contributed by atoms with E-state index in [1.54, 1.807) is 0 Å². The summed E-state index contributed by atoms with van der Waals surface area (Å²) in [5, 5.41) is 3.03. The Balaban J connectivity index is 1.79. The zero-order valence-corrected chi connectivity index (χ0v) is 10.1. The predicted octanol–water partition coefficient (Wildman–Crippen LogP) is 0.801. The molecule has 1 aliphatic heterocycles. The van der Waals surface area contributed by atoms with Crippen LogP contribution < -0.4 is 11.1 Å². The highest BCUT2D eigenvalue weighted by Gasteiger charge is 2.44. The first-order valence-corrected chi connectivity index (χ1v) is 6.23. The van der Waals surface area contributed by atoms with Gasteiger partial charge in [-0.1, -0.05) is 0 Å². The summed E-state index contributed by atoms with van der Waals surface area (Å²) in [5.41, 5.74) is 5.29. The summed E-state index contributed by atoms with van der Waals surface area (Å²) in [4.78, 5) is 12.0. The molecule has 1 heterocycles. The Morgan fingerprint density at radius 2 is 2.19 bits per heavy atom. The Morgan fingerprint density at radius 3 is 2.69 bits per heavy atom. The molecule has 1 saturated heterocycles. The number of amides is 1. The molecule has 1 atom stereocenters. The molecule has 1 saturated carbocycles. The lowest BCUT2D eigenvalue weighted by Gasteiger charge is -2.24. The number of hydrogen-bond acceptors (Lipinski definition) is 3. The van der Waals surface area contributed by atoms with Crippen LogP contribution in [0.1, 0.15) is 39.0 Å². The van der Waals surface area contributed by atoms with Gasteiger partial charge in [-0.3, -0.25) is 4.79 Å². The van der Waals surface area contributed by atoms with E-state index in [0.717, 1.165) is 25.8 Å². The molecule has 0 aromatic rings. The fourth-order valence-corrected chi connectivity index (χ4v) is 2.41. The van der Waals surface area contributed by atoms with Crippen LogP contribution in [0.15, 0.2) is 0 Å². The molecule has 0 aromatic heterocycles. The number of nitrogens with one attached hydrogen (secondary N) is 1. The molecule has 1 unspecified atom stereocenters. The lowest BCUT2D eigenvalue weighted by atomic mass is 9.99. The fourth-order valence-electron chi connectivity index (χ4n) is 2.41. The summed E-state index contributed by atoms with van der Waals surface area (Å²) in [6.07, 6.45) is 5.23. The number of carbonyl (C=O) groups is 1. The van der Waals surface area contributed by atoms with Gasteiger partial charge in [0.05, 0.1) is 0 Å². The van der Waals surface area contributed by atoms with E-state index in [2.05, 4.69) is 5.32 Å². The monoisotopic (exact) mass is 226 g/mol. The molecule has 3 N–H and O–H groups in total. The average molecular weight is 226 g/mol. The van der Waals surface area contributed by atoms with Gasteiger partial charge in [-0.25, -0.2) is 0 Å². The maximum atomic E-state index is 12.0. The molecule has 4 heteroatoms. The third-order valence-electron chi connectivity index (χ3n) is 3.95. The Hall–Kier alpha value is -0.610. The van der Waals surface area contributed by atoms with Crippen molar-refractivity contribution in [2.24, 2.45) is 11.1 Å². The smallest absolute Gasteiger partial charge is 0.251 e. The first-order valence-electron chi connectivity index (χ1n) is 6.23. The van der Waals surface area contributed by atoms with E-state index in [0.29, 0.717) is 18.6 Å². The highest BCUT2D eigenvalue weighted by atomic mass is 16.5. The summed E-state index contributed by atoms with van der Waals surface area (Å²) >= 11 is 0. The third kappa shape index (κ3) is 2.38. The van der Waals surface area contributed by atoms with Crippen LogP contribution in [0.2, 0.25) is 0 Å². The minimum absolute atomic E-state index is 0.0493. The first kappa shape index (κ1) is 11.9. The zero-order chi connectivity index (χ0) is 11.6. The molecule has 16 heavy (non-hydrogen) atoms. The number of nitrogens with two attached hydrogens (primary N) is 1. The first-order chi connectivity index (χ1) is 7.60. The Labute approximate surface area is 96.9 Å². The highest BCUT2D eigenvalue weighted by molar-refractivity contribution is 5.85. The molecule has 0 spiro atoms. The lowest BCUT2D eigenvalue weighted by Crippen LogP contribution is -2.46. The highest BCUT2D eigenvalue weighted by Crippen LogP contribution is 2.47. The van der Waals surface area contributed by atoms with Gasteiger partial charge in [0.25, 0.3) is 5.91 Å². The van der Waals surface area contributed by atoms with Gasteiger partial charge in [0.1, 0.15) is 5.60 Å². The van der Waals surface area contributed by atoms with Crippen LogP contribution in [-0.4, -0.2) is 31.2 Å². The fraction of sp³-hybridized carbons (Fsp3) is 0.917. The molecule has 0 radical (unpaired) electrons. The van der Waals surface area contributed by atoms with Gasteiger partial charge in [0.15, 0.2) is 0 Å². The summed E-state index contributed by atoms with van der Waals surface area (Å²) in [6.45, 7) is 4.07. The van der Waals surface area contributed by atoms with Crippen LogP contribution in [0.5, 0.6) is 0 Å². The molecule has 2 fully saturated rings. The van der Waals surface area contributed by atoms with Crippen molar-refractivity contribution in [1.29, 1.82) is 0 Å². The minimum Gasteiger partial charge on any atom is -0.365 e. The van der Waals surface area contributed by atoms with Crippen molar-refractivity contribution in [2.45, 2.75) is 44.6 Å². The molecule has 0 aromatic carbocycles. The van der Waals surface area contributed by atoms with Gasteiger partial charge < -0.3 is 15.8 Å². The van der Waals surface area contributed by atoms with Crippen LogP contribution in [-0.2, 0) is 9.53 Å². The van der Waals surface area contributed by atoms with E-state index < -0.39 is 5.60 Å². The quantitative estimate of drug-likeness (QED) is 0.729. The summed E-state index contributed by atoms with van der Waals surface area (Å²) in [7, 11) is 0. The second kappa shape index (κ2) is 4.34. The van der Waals surface area contributed by atoms with E-state index in [4.69, 9.17) is 10.5 Å². The summed E-state index contributed by atoms with van der Waals surface area (Å²) < 4.78 is 5.51. The Kier molecular flexibility index (Phi) is 3.22. The van der Waals surface area contributed by atoms with Crippen LogP contribution in [0.3, 0.4) is 0 Å². The molecular formula is C12H22N2O2. The SMILES string of the molecule is CC1(C(=O)NCC2(CCN)CC2)CCCO1. The molecule has 4 nitrogen and oxygen atoms in total. The van der Waals surface area contributed by atoms with Gasteiger partial charge in [-0.2, -0.15) is 0 Å². The van der Waals surface area contributed by atoms with Crippen molar-refractivity contribution in [3.8, 4) is 0 Å². The van der Waals surface area contributed by atoms with E-state index in [1.165, 1.54) is 12.8 Å². The molecule has 0 bridgehead atoms. The normalized spacial score (nSPS) is 31.4. The zero-order valence-electron chi connectivity index (χ0n) is 10.1. The molecule has 1 amide bonds. The standard InChI is InChI=1S/C12H22N2O2/c1-11(3-2-8-16-11)10(15)14-9-12(4-5-12)6-7-13/h2-9,13H2,1H3,(H,14,15). The molecule has 2 rings (SSSR count). The maximum Gasteiger partial charge on any atom is 0.251 e. The third-order valence-corrected chi connectivity index (χ3v) is 3.95. The van der Waals surface area contributed by atoms with Crippen molar-refractivity contribution >= 4 is 5.91 Å². The topological polar surface area (TPSA) is 64.4 Å². The van der Waals surface area contributed by atoms with E-state index in [1.807, 2.05) is 6.92 Å². The van der Waals surface area contributed by atoms with Crippen LogP contribution in [0, 0.1) is 5.41 Å². The minimum atomic E-state index is -0.585. The van der Waals surface area contributed by atoms with E-state index in [9.17, 15) is 4.79 Å². The number of ether oxygens (including phenoxy) is 1. The van der Waals surface area contributed by atoms with Crippen LogP contribution in [0.25, 0.3) is 0 Å². The van der Waals surface area contributed by atoms with Crippen molar-refractivity contribution in [3.05, 3.63) is 0 Å². The second-order valence-electron chi connectivity index (χ2n) is 5.40. The van der Waals surface area contributed by atoms with Crippen LogP contribution in [0.4, 0.5) is 0 Å². The molecule has 2 aliphatic rings. The Bertz CT molecular complexity index is 268. The van der Waals surface area contributed by atoms with Crippen molar-refractivity contribution in [2.75, 3.05) is 19.7 Å². The number of hydrogen-bond donors (Lipinski definition) is 2. The van der Waals surface area contributed by atoms with Crippen molar-refractivity contribution in [3.63, 3.8) is 0 Å². The van der Waals surface area contributed by atoms with E-state index >= 15 is 0 Å². The van der Waals surface area contributed by atoms with Gasteiger partial charge >= 0.3 is 0 Å². The van der Waals surface area contributed by atoms with Gasteiger partial charge in [0.2, 0.25) is 0 Å². The lowest BCUT2D eigenvalue weighted by molar-refractivity contribution is -0.139. The average Bonchev–Trinajstić information content (AvgIpc) is 2.88. The van der Waals surface area contributed by atoms with Crippen molar-refractivity contribution < 1.29 is 9.53 Å².